The van der Waals surface area contributed by atoms with Crippen LogP contribution in [0.2, 0.25) is 0 Å². The predicted octanol–water partition coefficient (Wildman–Crippen LogP) is 4.26. The van der Waals surface area contributed by atoms with Gasteiger partial charge in [-0.3, -0.25) is 4.79 Å². The fourth-order valence-electron chi connectivity index (χ4n) is 1.81. The highest BCUT2D eigenvalue weighted by Gasteiger charge is 2.30. The Labute approximate surface area is 143 Å². The van der Waals surface area contributed by atoms with Crippen LogP contribution in [0.15, 0.2) is 53.0 Å². The molecule has 2 aromatic rings. The summed E-state index contributed by atoms with van der Waals surface area (Å²) in [6.45, 7) is -0.615. The monoisotopic (exact) mass is 401 g/mol. The molecule has 0 radical (unpaired) electrons. The van der Waals surface area contributed by atoms with Crippen molar-refractivity contribution >= 4 is 33.5 Å². The maximum Gasteiger partial charge on any atom is 0.416 e. The lowest BCUT2D eigenvalue weighted by Crippen LogP contribution is -2.21. The number of alkyl halides is 3. The van der Waals surface area contributed by atoms with Crippen LogP contribution in [-0.2, 0) is 15.7 Å². The second-order valence-electron chi connectivity index (χ2n) is 4.68. The zero-order valence-corrected chi connectivity index (χ0v) is 13.6. The molecule has 2 aromatic carbocycles. The Morgan fingerprint density at radius 3 is 2.46 bits per heavy atom. The van der Waals surface area contributed by atoms with Crippen molar-refractivity contribution in [1.82, 2.24) is 0 Å². The number of hydrogen-bond acceptors (Lipinski definition) is 3. The largest absolute Gasteiger partial charge is 0.452 e. The molecule has 0 aliphatic rings. The van der Waals surface area contributed by atoms with E-state index in [1.165, 1.54) is 18.2 Å². The first-order chi connectivity index (χ1) is 11.3. The summed E-state index contributed by atoms with van der Waals surface area (Å²) < 4.78 is 43.1. The van der Waals surface area contributed by atoms with Crippen LogP contribution in [0.4, 0.5) is 18.9 Å². The van der Waals surface area contributed by atoms with Crippen molar-refractivity contribution in [3.63, 3.8) is 0 Å². The number of esters is 1. The Hall–Kier alpha value is -2.35. The number of carbonyl (C=O) groups is 2. The van der Waals surface area contributed by atoms with Crippen LogP contribution in [0.1, 0.15) is 15.9 Å². The molecule has 0 bridgehead atoms. The van der Waals surface area contributed by atoms with E-state index < -0.39 is 30.2 Å². The van der Waals surface area contributed by atoms with E-state index in [-0.39, 0.29) is 11.3 Å². The van der Waals surface area contributed by atoms with E-state index in [0.717, 1.165) is 12.1 Å². The quantitative estimate of drug-likeness (QED) is 0.778. The van der Waals surface area contributed by atoms with Gasteiger partial charge in [0.2, 0.25) is 0 Å². The first-order valence-electron chi connectivity index (χ1n) is 6.66. The zero-order valence-electron chi connectivity index (χ0n) is 12.1. The van der Waals surface area contributed by atoms with Crippen molar-refractivity contribution in [1.29, 1.82) is 0 Å². The van der Waals surface area contributed by atoms with Gasteiger partial charge in [-0.1, -0.05) is 18.2 Å². The Kier molecular flexibility index (Phi) is 5.61. The van der Waals surface area contributed by atoms with Gasteiger partial charge in [-0.25, -0.2) is 4.79 Å². The van der Waals surface area contributed by atoms with Crippen LogP contribution >= 0.6 is 15.9 Å². The zero-order chi connectivity index (χ0) is 17.7. The summed E-state index contributed by atoms with van der Waals surface area (Å²) in [6, 6.07) is 10.7. The first-order valence-corrected chi connectivity index (χ1v) is 7.45. The van der Waals surface area contributed by atoms with Crippen LogP contribution in [0.3, 0.4) is 0 Å². The Morgan fingerprint density at radius 1 is 1.08 bits per heavy atom. The number of halogens is 4. The standard InChI is InChI=1S/C16H11BrF3NO3/c17-13-7-2-1-6-12(13)15(23)24-9-14(22)21-11-5-3-4-10(8-11)16(18,19)20/h1-8H,9H2,(H,21,22). The summed E-state index contributed by atoms with van der Waals surface area (Å²) >= 11 is 3.18. The van der Waals surface area contributed by atoms with Crippen molar-refractivity contribution < 1.29 is 27.5 Å². The summed E-state index contributed by atoms with van der Waals surface area (Å²) in [5.41, 5.74) is -0.679. The molecule has 0 aliphatic heterocycles. The van der Waals surface area contributed by atoms with E-state index >= 15 is 0 Å². The predicted molar refractivity (Wildman–Crippen MR) is 84.5 cm³/mol. The molecule has 1 amide bonds. The van der Waals surface area contributed by atoms with Crippen molar-refractivity contribution in [3.8, 4) is 0 Å². The lowest BCUT2D eigenvalue weighted by Gasteiger charge is -2.10. The molecule has 0 aliphatic carbocycles. The Balaban J connectivity index is 1.95. The first kappa shape index (κ1) is 18.0. The molecule has 0 fully saturated rings. The van der Waals surface area contributed by atoms with Crippen molar-refractivity contribution in [2.24, 2.45) is 0 Å². The number of ether oxygens (including phenoxy) is 1. The van der Waals surface area contributed by atoms with Gasteiger partial charge in [-0.15, -0.1) is 0 Å². The lowest BCUT2D eigenvalue weighted by molar-refractivity contribution is -0.137. The van der Waals surface area contributed by atoms with Gasteiger partial charge in [0, 0.05) is 10.2 Å². The molecule has 0 aromatic heterocycles. The number of anilines is 1. The number of nitrogens with one attached hydrogen (secondary N) is 1. The Morgan fingerprint density at radius 2 is 1.79 bits per heavy atom. The highest BCUT2D eigenvalue weighted by Crippen LogP contribution is 2.30. The van der Waals surface area contributed by atoms with Gasteiger partial charge in [0.15, 0.2) is 6.61 Å². The summed E-state index contributed by atoms with van der Waals surface area (Å²) in [6.07, 6.45) is -4.51. The minimum atomic E-state index is -4.51. The number of carbonyl (C=O) groups excluding carboxylic acids is 2. The van der Waals surface area contributed by atoms with Crippen molar-refractivity contribution in [3.05, 3.63) is 64.1 Å². The van der Waals surface area contributed by atoms with Gasteiger partial charge in [-0.2, -0.15) is 13.2 Å². The number of benzene rings is 2. The van der Waals surface area contributed by atoms with Gasteiger partial charge in [-0.05, 0) is 46.3 Å². The summed E-state index contributed by atoms with van der Waals surface area (Å²) in [5, 5.41) is 2.25. The molecule has 0 saturated heterocycles. The van der Waals surface area contributed by atoms with Crippen LogP contribution in [-0.4, -0.2) is 18.5 Å². The van der Waals surface area contributed by atoms with E-state index in [0.29, 0.717) is 4.47 Å². The highest BCUT2D eigenvalue weighted by molar-refractivity contribution is 9.10. The number of rotatable bonds is 4. The molecule has 126 valence electrons. The molecular formula is C16H11BrF3NO3. The van der Waals surface area contributed by atoms with Crippen molar-refractivity contribution in [2.75, 3.05) is 11.9 Å². The average molecular weight is 402 g/mol. The number of hydrogen-bond donors (Lipinski definition) is 1. The third-order valence-electron chi connectivity index (χ3n) is 2.90. The molecule has 0 atom stereocenters. The SMILES string of the molecule is O=C(COC(=O)c1ccccc1Br)Nc1cccc(C(F)(F)F)c1. The van der Waals surface area contributed by atoms with Gasteiger partial charge in [0.05, 0.1) is 11.1 Å². The average Bonchev–Trinajstić information content (AvgIpc) is 2.52. The molecule has 0 spiro atoms. The third kappa shape index (κ3) is 4.82. The van der Waals surface area contributed by atoms with Crippen LogP contribution in [0.5, 0.6) is 0 Å². The number of amides is 1. The normalized spacial score (nSPS) is 11.0. The molecule has 0 heterocycles. The van der Waals surface area contributed by atoms with Crippen LogP contribution in [0.25, 0.3) is 0 Å². The molecule has 1 N–H and O–H groups in total. The molecular weight excluding hydrogens is 391 g/mol. The summed E-state index contributed by atoms with van der Waals surface area (Å²) in [4.78, 5) is 23.5. The maximum absolute atomic E-state index is 12.6. The maximum atomic E-state index is 12.6. The van der Waals surface area contributed by atoms with Crippen LogP contribution < -0.4 is 5.32 Å². The minimum absolute atomic E-state index is 0.0354. The third-order valence-corrected chi connectivity index (χ3v) is 3.59. The van der Waals surface area contributed by atoms with E-state index in [1.807, 2.05) is 0 Å². The van der Waals surface area contributed by atoms with E-state index in [1.54, 1.807) is 18.2 Å². The molecule has 0 unspecified atom stereocenters. The second-order valence-corrected chi connectivity index (χ2v) is 5.54. The van der Waals surface area contributed by atoms with E-state index in [9.17, 15) is 22.8 Å². The molecule has 8 heteroatoms. The van der Waals surface area contributed by atoms with Gasteiger partial charge in [0.25, 0.3) is 5.91 Å². The van der Waals surface area contributed by atoms with Gasteiger partial charge in [0.1, 0.15) is 0 Å². The van der Waals surface area contributed by atoms with Gasteiger partial charge >= 0.3 is 12.1 Å². The van der Waals surface area contributed by atoms with E-state index in [4.69, 9.17) is 4.74 Å². The lowest BCUT2D eigenvalue weighted by atomic mass is 10.2. The second kappa shape index (κ2) is 7.48. The molecule has 24 heavy (non-hydrogen) atoms. The smallest absolute Gasteiger partial charge is 0.416 e. The molecule has 4 nitrogen and oxygen atoms in total. The summed E-state index contributed by atoms with van der Waals surface area (Å²) in [5.74, 6) is -1.46. The summed E-state index contributed by atoms with van der Waals surface area (Å²) in [7, 11) is 0. The molecule has 0 saturated carbocycles. The van der Waals surface area contributed by atoms with Crippen LogP contribution in [0, 0.1) is 0 Å². The Bertz CT molecular complexity index is 762. The van der Waals surface area contributed by atoms with E-state index in [2.05, 4.69) is 21.2 Å². The molecule has 2 rings (SSSR count). The fraction of sp³-hybridized carbons (Fsp3) is 0.125. The minimum Gasteiger partial charge on any atom is -0.452 e. The topological polar surface area (TPSA) is 55.4 Å². The van der Waals surface area contributed by atoms with Gasteiger partial charge < -0.3 is 10.1 Å². The highest BCUT2D eigenvalue weighted by atomic mass is 79.9. The van der Waals surface area contributed by atoms with Crippen molar-refractivity contribution in [2.45, 2.75) is 6.18 Å². The fourth-order valence-corrected chi connectivity index (χ4v) is 2.25.